The third-order valence-electron chi connectivity index (χ3n) is 1.71. The lowest BCUT2D eigenvalue weighted by Gasteiger charge is -2.10. The van der Waals surface area contributed by atoms with Crippen molar-refractivity contribution < 1.29 is 18.2 Å². The molecule has 16 heavy (non-hydrogen) atoms. The van der Waals surface area contributed by atoms with Crippen LogP contribution >= 0.6 is 23.2 Å². The Hall–Kier alpha value is -0.330. The minimum atomic E-state index is -2.11. The number of halogens is 2. The molecule has 90 valence electrons. The first kappa shape index (κ1) is 13.7. The van der Waals surface area contributed by atoms with Crippen molar-refractivity contribution in [2.75, 3.05) is 20.3 Å². The van der Waals surface area contributed by atoms with Gasteiger partial charge in [-0.2, -0.15) is 0 Å². The van der Waals surface area contributed by atoms with E-state index in [9.17, 15) is 4.21 Å². The summed E-state index contributed by atoms with van der Waals surface area (Å²) < 4.78 is 29.8. The van der Waals surface area contributed by atoms with E-state index < -0.39 is 11.1 Å². The molecule has 0 amide bonds. The molecule has 1 aromatic rings. The van der Waals surface area contributed by atoms with Crippen LogP contribution in [-0.4, -0.2) is 29.1 Å². The van der Waals surface area contributed by atoms with Crippen LogP contribution in [0.5, 0.6) is 5.75 Å². The van der Waals surface area contributed by atoms with Gasteiger partial charge in [0.2, 0.25) is 0 Å². The molecular formula is C9H10Cl2O4S. The summed E-state index contributed by atoms with van der Waals surface area (Å²) in [5, 5.41) is 0.391. The van der Waals surface area contributed by atoms with Gasteiger partial charge in [0.25, 0.3) is 0 Å². The second kappa shape index (κ2) is 6.42. The average Bonchev–Trinajstić information content (AvgIpc) is 2.21. The van der Waals surface area contributed by atoms with E-state index in [0.29, 0.717) is 13.2 Å². The van der Waals surface area contributed by atoms with Gasteiger partial charge in [-0.1, -0.05) is 23.2 Å². The van der Waals surface area contributed by atoms with Crippen LogP contribution in [0.3, 0.4) is 0 Å². The highest BCUT2D eigenvalue weighted by molar-refractivity contribution is 7.79. The van der Waals surface area contributed by atoms with Gasteiger partial charge in [-0.05, 0) is 12.1 Å². The highest BCUT2D eigenvalue weighted by Crippen LogP contribution is 2.34. The quantitative estimate of drug-likeness (QED) is 0.667. The van der Waals surface area contributed by atoms with Gasteiger partial charge in [-0.25, -0.2) is 4.21 Å². The van der Waals surface area contributed by atoms with Crippen LogP contribution in [-0.2, 0) is 15.8 Å². The van der Waals surface area contributed by atoms with Crippen LogP contribution in [0.1, 0.15) is 0 Å². The number of hydrogen-bond acceptors (Lipinski definition) is 3. The minimum Gasteiger partial charge on any atom is -0.488 e. The standard InChI is InChI=1S/C9H10Cl2O4S/c1-14-2-3-15-9-7(10)4-6(16(12)13)5-8(9)11/h4-5H,2-3H2,1H3,(H,12,13). The first-order chi connectivity index (χ1) is 7.56. The summed E-state index contributed by atoms with van der Waals surface area (Å²) in [4.78, 5) is 0.133. The third kappa shape index (κ3) is 3.61. The molecule has 0 spiro atoms. The fraction of sp³-hybridized carbons (Fsp3) is 0.333. The van der Waals surface area contributed by atoms with E-state index in [0.717, 1.165) is 0 Å². The lowest BCUT2D eigenvalue weighted by atomic mass is 10.3. The van der Waals surface area contributed by atoms with Crippen LogP contribution in [0.2, 0.25) is 10.0 Å². The predicted octanol–water partition coefficient (Wildman–Crippen LogP) is 2.60. The number of hydrogen-bond donors (Lipinski definition) is 1. The summed E-state index contributed by atoms with van der Waals surface area (Å²) in [6.07, 6.45) is 0. The van der Waals surface area contributed by atoms with Crippen molar-refractivity contribution in [3.05, 3.63) is 22.2 Å². The normalized spacial score (nSPS) is 12.5. The predicted molar refractivity (Wildman–Crippen MR) is 62.9 cm³/mol. The van der Waals surface area contributed by atoms with E-state index in [4.69, 9.17) is 37.2 Å². The maximum atomic E-state index is 10.8. The highest BCUT2D eigenvalue weighted by atomic mass is 35.5. The van der Waals surface area contributed by atoms with Gasteiger partial charge in [0.1, 0.15) is 6.61 Å². The van der Waals surface area contributed by atoms with Crippen LogP contribution in [0.15, 0.2) is 17.0 Å². The lowest BCUT2D eigenvalue weighted by molar-refractivity contribution is 0.146. The van der Waals surface area contributed by atoms with Crippen LogP contribution in [0.25, 0.3) is 0 Å². The van der Waals surface area contributed by atoms with Crippen molar-refractivity contribution >= 4 is 34.3 Å². The van der Waals surface area contributed by atoms with Crippen molar-refractivity contribution in [3.8, 4) is 5.75 Å². The fourth-order valence-corrected chi connectivity index (χ4v) is 2.17. The molecule has 0 aliphatic rings. The largest absolute Gasteiger partial charge is 0.488 e. The van der Waals surface area contributed by atoms with Crippen molar-refractivity contribution in [3.63, 3.8) is 0 Å². The summed E-state index contributed by atoms with van der Waals surface area (Å²) in [6, 6.07) is 2.68. The Bertz CT molecular complexity index is 374. The molecule has 0 bridgehead atoms. The summed E-state index contributed by atoms with van der Waals surface area (Å²) in [7, 11) is 1.55. The smallest absolute Gasteiger partial charge is 0.186 e. The zero-order chi connectivity index (χ0) is 12.1. The number of rotatable bonds is 5. The minimum absolute atomic E-state index is 0.133. The average molecular weight is 285 g/mol. The summed E-state index contributed by atoms with van der Waals surface area (Å²) in [6.45, 7) is 0.706. The van der Waals surface area contributed by atoms with E-state index in [1.54, 1.807) is 7.11 Å². The molecule has 7 heteroatoms. The molecule has 1 unspecified atom stereocenters. The first-order valence-electron chi connectivity index (χ1n) is 4.28. The molecule has 0 fully saturated rings. The number of benzene rings is 1. The summed E-state index contributed by atoms with van der Waals surface area (Å²) >= 11 is 9.61. The van der Waals surface area contributed by atoms with E-state index in [1.165, 1.54) is 12.1 Å². The molecule has 0 saturated heterocycles. The lowest BCUT2D eigenvalue weighted by Crippen LogP contribution is -2.05. The summed E-state index contributed by atoms with van der Waals surface area (Å²) in [5.74, 6) is 0.287. The molecule has 0 aliphatic carbocycles. The molecule has 1 N–H and O–H groups in total. The zero-order valence-corrected chi connectivity index (χ0v) is 10.7. The van der Waals surface area contributed by atoms with E-state index in [-0.39, 0.29) is 20.7 Å². The van der Waals surface area contributed by atoms with Gasteiger partial charge in [0.15, 0.2) is 16.8 Å². The molecule has 0 aliphatic heterocycles. The Morgan fingerprint density at radius 3 is 2.31 bits per heavy atom. The SMILES string of the molecule is COCCOc1c(Cl)cc(S(=O)O)cc1Cl. The van der Waals surface area contributed by atoms with Gasteiger partial charge in [0.05, 0.1) is 21.5 Å². The van der Waals surface area contributed by atoms with Crippen molar-refractivity contribution in [2.45, 2.75) is 4.90 Å². The molecule has 1 rings (SSSR count). The van der Waals surface area contributed by atoms with E-state index in [1.807, 2.05) is 0 Å². The van der Waals surface area contributed by atoms with Gasteiger partial charge in [-0.15, -0.1) is 0 Å². The molecule has 4 nitrogen and oxygen atoms in total. The second-order valence-electron chi connectivity index (χ2n) is 2.81. The zero-order valence-electron chi connectivity index (χ0n) is 8.41. The molecule has 0 aromatic heterocycles. The van der Waals surface area contributed by atoms with Crippen LogP contribution in [0.4, 0.5) is 0 Å². The Balaban J connectivity index is 2.89. The molecule has 0 heterocycles. The monoisotopic (exact) mass is 284 g/mol. The van der Waals surface area contributed by atoms with Crippen molar-refractivity contribution in [2.24, 2.45) is 0 Å². The molecule has 0 radical (unpaired) electrons. The second-order valence-corrected chi connectivity index (χ2v) is 4.59. The van der Waals surface area contributed by atoms with Crippen LogP contribution < -0.4 is 4.74 Å². The van der Waals surface area contributed by atoms with Gasteiger partial charge in [-0.3, -0.25) is 0 Å². The molecule has 1 aromatic carbocycles. The van der Waals surface area contributed by atoms with Crippen molar-refractivity contribution in [1.82, 2.24) is 0 Å². The van der Waals surface area contributed by atoms with E-state index in [2.05, 4.69) is 0 Å². The van der Waals surface area contributed by atoms with Crippen molar-refractivity contribution in [1.29, 1.82) is 0 Å². The first-order valence-corrected chi connectivity index (χ1v) is 6.14. The van der Waals surface area contributed by atoms with Crippen LogP contribution in [0, 0.1) is 0 Å². The number of methoxy groups -OCH3 is 1. The van der Waals surface area contributed by atoms with Gasteiger partial charge < -0.3 is 14.0 Å². The molecule has 1 atom stereocenters. The Morgan fingerprint density at radius 1 is 1.31 bits per heavy atom. The van der Waals surface area contributed by atoms with Gasteiger partial charge in [0, 0.05) is 7.11 Å². The maximum Gasteiger partial charge on any atom is 0.186 e. The topological polar surface area (TPSA) is 55.8 Å². The maximum absolute atomic E-state index is 10.8. The fourth-order valence-electron chi connectivity index (χ4n) is 1.00. The Morgan fingerprint density at radius 2 is 1.88 bits per heavy atom. The van der Waals surface area contributed by atoms with Gasteiger partial charge >= 0.3 is 0 Å². The molecular weight excluding hydrogens is 275 g/mol. The Kier molecular flexibility index (Phi) is 5.51. The highest BCUT2D eigenvalue weighted by Gasteiger charge is 2.12. The third-order valence-corrected chi connectivity index (χ3v) is 2.91. The van der Waals surface area contributed by atoms with E-state index >= 15 is 0 Å². The number of ether oxygens (including phenoxy) is 2. The Labute approximate surface area is 106 Å². The molecule has 0 saturated carbocycles. The summed E-state index contributed by atoms with van der Waals surface area (Å²) in [5.41, 5.74) is 0.